The summed E-state index contributed by atoms with van der Waals surface area (Å²) >= 11 is 1.03. The highest BCUT2D eigenvalue weighted by Crippen LogP contribution is 2.26. The van der Waals surface area contributed by atoms with Gasteiger partial charge in [0.05, 0.1) is 30.5 Å². The van der Waals surface area contributed by atoms with E-state index in [1.54, 1.807) is 39.2 Å². The molecule has 0 bridgehead atoms. The number of hydrogen-bond acceptors (Lipinski definition) is 7. The van der Waals surface area contributed by atoms with Gasteiger partial charge in [-0.3, -0.25) is 4.79 Å². The monoisotopic (exact) mass is 380 g/mol. The van der Waals surface area contributed by atoms with E-state index in [0.717, 1.165) is 16.7 Å². The SMILES string of the molecule is COc1ccc2c(CC(=O)NS(=O)(=O)c3sc(C)nc3C)coc2c1. The van der Waals surface area contributed by atoms with Gasteiger partial charge in [0.1, 0.15) is 11.3 Å². The Kier molecular flexibility index (Phi) is 4.53. The Morgan fingerprint density at radius 1 is 1.36 bits per heavy atom. The molecule has 0 aliphatic carbocycles. The summed E-state index contributed by atoms with van der Waals surface area (Å²) in [5, 5.41) is 1.36. The van der Waals surface area contributed by atoms with Gasteiger partial charge in [0.15, 0.2) is 4.21 Å². The molecule has 2 heterocycles. The highest BCUT2D eigenvalue weighted by molar-refractivity contribution is 7.92. The molecule has 0 spiro atoms. The van der Waals surface area contributed by atoms with Crippen molar-refractivity contribution in [3.63, 3.8) is 0 Å². The van der Waals surface area contributed by atoms with E-state index in [4.69, 9.17) is 9.15 Å². The van der Waals surface area contributed by atoms with Crippen LogP contribution < -0.4 is 9.46 Å². The molecule has 0 saturated heterocycles. The van der Waals surface area contributed by atoms with Gasteiger partial charge in [-0.05, 0) is 26.0 Å². The zero-order valence-corrected chi connectivity index (χ0v) is 15.5. The Labute approximate surface area is 148 Å². The first-order valence-electron chi connectivity index (χ1n) is 7.34. The molecule has 2 aromatic heterocycles. The molecule has 7 nitrogen and oxygen atoms in total. The number of benzene rings is 1. The predicted octanol–water partition coefficient (Wildman–Crippen LogP) is 2.56. The number of fused-ring (bicyclic) bond motifs is 1. The first-order chi connectivity index (χ1) is 11.8. The van der Waals surface area contributed by atoms with Crippen molar-refractivity contribution in [1.29, 1.82) is 0 Å². The molecule has 3 aromatic rings. The smallest absolute Gasteiger partial charge is 0.275 e. The van der Waals surface area contributed by atoms with Crippen molar-refractivity contribution < 1.29 is 22.4 Å². The number of nitrogens with one attached hydrogen (secondary N) is 1. The lowest BCUT2D eigenvalue weighted by atomic mass is 10.1. The lowest BCUT2D eigenvalue weighted by Gasteiger charge is -2.05. The first kappa shape index (κ1) is 17.4. The van der Waals surface area contributed by atoms with Gasteiger partial charge < -0.3 is 9.15 Å². The molecule has 9 heteroatoms. The molecule has 0 atom stereocenters. The second-order valence-corrected chi connectivity index (χ2v) is 8.52. The van der Waals surface area contributed by atoms with E-state index < -0.39 is 15.9 Å². The van der Waals surface area contributed by atoms with Crippen LogP contribution in [0.25, 0.3) is 11.0 Å². The quantitative estimate of drug-likeness (QED) is 0.730. The van der Waals surface area contributed by atoms with Crippen LogP contribution in [0.2, 0.25) is 0 Å². The standard InChI is InChI=1S/C16H16N2O5S2/c1-9-16(24-10(2)17-9)25(20,21)18-15(19)6-11-8-23-14-7-12(22-3)4-5-13(11)14/h4-5,7-8H,6H2,1-3H3,(H,18,19). The average Bonchev–Trinajstić information content (AvgIpc) is 3.09. The molecular formula is C16H16N2O5S2. The lowest BCUT2D eigenvalue weighted by molar-refractivity contribution is -0.118. The first-order valence-corrected chi connectivity index (χ1v) is 9.64. The van der Waals surface area contributed by atoms with Gasteiger partial charge in [-0.1, -0.05) is 0 Å². The number of aromatic nitrogens is 1. The summed E-state index contributed by atoms with van der Waals surface area (Å²) in [5.41, 5.74) is 1.55. The molecule has 1 aromatic carbocycles. The fraction of sp³-hybridized carbons (Fsp3) is 0.250. The number of ether oxygens (including phenoxy) is 1. The minimum atomic E-state index is -3.93. The fourth-order valence-electron chi connectivity index (χ4n) is 2.49. The summed E-state index contributed by atoms with van der Waals surface area (Å²) in [6.07, 6.45) is 1.33. The van der Waals surface area contributed by atoms with E-state index in [0.29, 0.717) is 27.6 Å². The Morgan fingerprint density at radius 2 is 2.12 bits per heavy atom. The van der Waals surface area contributed by atoms with E-state index in [1.165, 1.54) is 6.26 Å². The Hall–Kier alpha value is -2.39. The van der Waals surface area contributed by atoms with Gasteiger partial charge in [0, 0.05) is 17.0 Å². The van der Waals surface area contributed by atoms with Crippen LogP contribution in [0.3, 0.4) is 0 Å². The third-order valence-corrected chi connectivity index (χ3v) is 6.62. The Balaban J connectivity index is 1.80. The molecule has 0 fully saturated rings. The van der Waals surface area contributed by atoms with Crippen LogP contribution in [0.15, 0.2) is 33.1 Å². The van der Waals surface area contributed by atoms with Crippen LogP contribution in [0.1, 0.15) is 16.3 Å². The summed E-state index contributed by atoms with van der Waals surface area (Å²) in [6, 6.07) is 5.22. The van der Waals surface area contributed by atoms with E-state index in [1.807, 2.05) is 0 Å². The van der Waals surface area contributed by atoms with E-state index >= 15 is 0 Å². The molecule has 0 unspecified atom stereocenters. The van der Waals surface area contributed by atoms with Gasteiger partial charge in [-0.25, -0.2) is 18.1 Å². The number of sulfonamides is 1. The van der Waals surface area contributed by atoms with E-state index in [2.05, 4.69) is 9.71 Å². The van der Waals surface area contributed by atoms with Crippen LogP contribution in [-0.4, -0.2) is 26.4 Å². The second kappa shape index (κ2) is 6.49. The number of rotatable bonds is 5. The topological polar surface area (TPSA) is 98.5 Å². The number of hydrogen-bond donors (Lipinski definition) is 1. The molecule has 1 N–H and O–H groups in total. The van der Waals surface area contributed by atoms with E-state index in [9.17, 15) is 13.2 Å². The molecule has 0 aliphatic rings. The third-order valence-electron chi connectivity index (χ3n) is 3.57. The van der Waals surface area contributed by atoms with Crippen molar-refractivity contribution >= 4 is 38.2 Å². The molecule has 25 heavy (non-hydrogen) atoms. The minimum absolute atomic E-state index is 0.0557. The van der Waals surface area contributed by atoms with Crippen LogP contribution >= 0.6 is 11.3 Å². The highest BCUT2D eigenvalue weighted by Gasteiger charge is 2.24. The fourth-order valence-corrected chi connectivity index (χ4v) is 4.96. The Morgan fingerprint density at radius 3 is 2.76 bits per heavy atom. The third kappa shape index (κ3) is 3.52. The largest absolute Gasteiger partial charge is 0.497 e. The number of amides is 1. The number of furan rings is 1. The van der Waals surface area contributed by atoms with Gasteiger partial charge in [0.25, 0.3) is 10.0 Å². The Bertz CT molecular complexity index is 1050. The molecule has 3 rings (SSSR count). The number of thiazole rings is 1. The maximum absolute atomic E-state index is 12.4. The van der Waals surface area contributed by atoms with Gasteiger partial charge in [-0.2, -0.15) is 0 Å². The maximum Gasteiger partial charge on any atom is 0.275 e. The molecular weight excluding hydrogens is 364 g/mol. The van der Waals surface area contributed by atoms with Gasteiger partial charge in [-0.15, -0.1) is 11.3 Å². The summed E-state index contributed by atoms with van der Waals surface area (Å²) < 4.78 is 37.4. The van der Waals surface area contributed by atoms with Crippen molar-refractivity contribution in [1.82, 2.24) is 9.71 Å². The zero-order valence-electron chi connectivity index (χ0n) is 13.8. The number of aryl methyl sites for hydroxylation is 2. The van der Waals surface area contributed by atoms with Crippen LogP contribution in [-0.2, 0) is 21.2 Å². The second-order valence-electron chi connectivity index (χ2n) is 5.43. The number of methoxy groups -OCH3 is 1. The minimum Gasteiger partial charge on any atom is -0.497 e. The summed E-state index contributed by atoms with van der Waals surface area (Å²) in [5.74, 6) is 0.000408. The molecule has 132 valence electrons. The van der Waals surface area contributed by atoms with Crippen molar-refractivity contribution in [3.05, 3.63) is 40.7 Å². The normalized spacial score (nSPS) is 11.6. The molecule has 0 aliphatic heterocycles. The molecule has 0 saturated carbocycles. The van der Waals surface area contributed by atoms with Gasteiger partial charge in [0.2, 0.25) is 5.91 Å². The van der Waals surface area contributed by atoms with Crippen LogP contribution in [0.5, 0.6) is 5.75 Å². The van der Waals surface area contributed by atoms with E-state index in [-0.39, 0.29) is 10.6 Å². The molecule has 1 amide bonds. The van der Waals surface area contributed by atoms with Crippen molar-refractivity contribution in [3.8, 4) is 5.75 Å². The summed E-state index contributed by atoms with van der Waals surface area (Å²) in [6.45, 7) is 3.31. The van der Waals surface area contributed by atoms with Crippen molar-refractivity contribution in [2.75, 3.05) is 7.11 Å². The van der Waals surface area contributed by atoms with Crippen molar-refractivity contribution in [2.45, 2.75) is 24.5 Å². The summed E-state index contributed by atoms with van der Waals surface area (Å²) in [4.78, 5) is 16.3. The van der Waals surface area contributed by atoms with Crippen molar-refractivity contribution in [2.24, 2.45) is 0 Å². The van der Waals surface area contributed by atoms with Gasteiger partial charge >= 0.3 is 0 Å². The molecule has 0 radical (unpaired) electrons. The number of nitrogens with zero attached hydrogens (tertiary/aromatic N) is 1. The number of carbonyl (C=O) groups excluding carboxylic acids is 1. The van der Waals surface area contributed by atoms with Crippen LogP contribution in [0, 0.1) is 13.8 Å². The average molecular weight is 380 g/mol. The highest BCUT2D eigenvalue weighted by atomic mass is 32.2. The maximum atomic E-state index is 12.4. The van der Waals surface area contributed by atoms with Crippen LogP contribution in [0.4, 0.5) is 0 Å². The zero-order chi connectivity index (χ0) is 18.2. The predicted molar refractivity (Wildman–Crippen MR) is 93.4 cm³/mol. The number of carbonyl (C=O) groups is 1. The summed E-state index contributed by atoms with van der Waals surface area (Å²) in [7, 11) is -2.38. The lowest BCUT2D eigenvalue weighted by Crippen LogP contribution is -2.31.